The summed E-state index contributed by atoms with van der Waals surface area (Å²) in [6.45, 7) is 6.76. The fourth-order valence-electron chi connectivity index (χ4n) is 2.47. The van der Waals surface area contributed by atoms with Crippen molar-refractivity contribution in [3.63, 3.8) is 0 Å². The van der Waals surface area contributed by atoms with E-state index in [4.69, 9.17) is 9.47 Å². The standard InChI is InChI=1S/C21H27NO3/c1-4-6-18-9-11-19(12-10-18)24-14-13-22-21(23)17(3)25-20-8-5-7-16(2)15-20/h5,7-12,15,17H,4,6,13-14H2,1-3H3,(H,22,23)/t17-/m1/s1. The molecule has 4 heteroatoms. The molecule has 0 aromatic heterocycles. The first-order valence-corrected chi connectivity index (χ1v) is 8.81. The molecule has 2 aromatic rings. The number of ether oxygens (including phenoxy) is 2. The third-order valence-corrected chi connectivity index (χ3v) is 3.80. The van der Waals surface area contributed by atoms with Crippen molar-refractivity contribution in [2.75, 3.05) is 13.2 Å². The maximum Gasteiger partial charge on any atom is 0.260 e. The molecular weight excluding hydrogens is 314 g/mol. The van der Waals surface area contributed by atoms with Crippen LogP contribution < -0.4 is 14.8 Å². The topological polar surface area (TPSA) is 47.6 Å². The van der Waals surface area contributed by atoms with Gasteiger partial charge < -0.3 is 14.8 Å². The molecule has 0 saturated carbocycles. The molecule has 134 valence electrons. The smallest absolute Gasteiger partial charge is 0.260 e. The second-order valence-electron chi connectivity index (χ2n) is 6.11. The second-order valence-corrected chi connectivity index (χ2v) is 6.11. The molecule has 0 unspecified atom stereocenters. The van der Waals surface area contributed by atoms with Gasteiger partial charge >= 0.3 is 0 Å². The summed E-state index contributed by atoms with van der Waals surface area (Å²) < 4.78 is 11.3. The average molecular weight is 341 g/mol. The number of carbonyl (C=O) groups excluding carboxylic acids is 1. The number of carbonyl (C=O) groups is 1. The summed E-state index contributed by atoms with van der Waals surface area (Å²) in [5, 5.41) is 2.83. The summed E-state index contributed by atoms with van der Waals surface area (Å²) in [4.78, 5) is 12.1. The fourth-order valence-corrected chi connectivity index (χ4v) is 2.47. The third-order valence-electron chi connectivity index (χ3n) is 3.80. The van der Waals surface area contributed by atoms with Gasteiger partial charge in [0.15, 0.2) is 6.10 Å². The van der Waals surface area contributed by atoms with Crippen LogP contribution in [-0.2, 0) is 11.2 Å². The monoisotopic (exact) mass is 341 g/mol. The highest BCUT2D eigenvalue weighted by Crippen LogP contribution is 2.14. The molecular formula is C21H27NO3. The van der Waals surface area contributed by atoms with E-state index in [9.17, 15) is 4.79 Å². The van der Waals surface area contributed by atoms with Crippen LogP contribution in [-0.4, -0.2) is 25.2 Å². The van der Waals surface area contributed by atoms with Gasteiger partial charge in [0.05, 0.1) is 6.54 Å². The number of nitrogens with one attached hydrogen (secondary N) is 1. The molecule has 2 aromatic carbocycles. The zero-order valence-electron chi connectivity index (χ0n) is 15.2. The number of amides is 1. The van der Waals surface area contributed by atoms with E-state index < -0.39 is 6.10 Å². The van der Waals surface area contributed by atoms with E-state index >= 15 is 0 Å². The van der Waals surface area contributed by atoms with Gasteiger partial charge in [0.25, 0.3) is 5.91 Å². The summed E-state index contributed by atoms with van der Waals surface area (Å²) in [5.41, 5.74) is 2.41. The number of benzene rings is 2. The lowest BCUT2D eigenvalue weighted by atomic mass is 10.1. The average Bonchev–Trinajstić information content (AvgIpc) is 2.60. The molecule has 0 aliphatic rings. The molecule has 1 atom stereocenters. The van der Waals surface area contributed by atoms with Crippen LogP contribution >= 0.6 is 0 Å². The van der Waals surface area contributed by atoms with Crippen molar-refractivity contribution in [2.45, 2.75) is 39.7 Å². The van der Waals surface area contributed by atoms with Crippen LogP contribution in [0.25, 0.3) is 0 Å². The van der Waals surface area contributed by atoms with E-state index in [1.807, 2.05) is 43.3 Å². The number of rotatable bonds is 9. The Labute approximate surface area is 150 Å². The molecule has 0 heterocycles. The summed E-state index contributed by atoms with van der Waals surface area (Å²) in [6.07, 6.45) is 1.67. The molecule has 1 N–H and O–H groups in total. The van der Waals surface area contributed by atoms with Gasteiger partial charge in [-0.25, -0.2) is 0 Å². The van der Waals surface area contributed by atoms with Gasteiger partial charge in [0.2, 0.25) is 0 Å². The summed E-state index contributed by atoms with van der Waals surface area (Å²) in [6, 6.07) is 15.8. The van der Waals surface area contributed by atoms with E-state index in [2.05, 4.69) is 24.4 Å². The largest absolute Gasteiger partial charge is 0.492 e. The van der Waals surface area contributed by atoms with E-state index in [1.54, 1.807) is 6.92 Å². The highest BCUT2D eigenvalue weighted by atomic mass is 16.5. The first-order chi connectivity index (χ1) is 12.1. The Kier molecular flexibility index (Phi) is 7.33. The third kappa shape index (κ3) is 6.49. The Hall–Kier alpha value is -2.49. The molecule has 0 radical (unpaired) electrons. The van der Waals surface area contributed by atoms with E-state index in [0.717, 1.165) is 24.2 Å². The minimum absolute atomic E-state index is 0.150. The summed E-state index contributed by atoms with van der Waals surface area (Å²) in [5.74, 6) is 1.37. The van der Waals surface area contributed by atoms with Crippen LogP contribution in [0.2, 0.25) is 0 Å². The van der Waals surface area contributed by atoms with Crippen molar-refractivity contribution in [1.29, 1.82) is 0 Å². The number of hydrogen-bond acceptors (Lipinski definition) is 3. The fraction of sp³-hybridized carbons (Fsp3) is 0.381. The van der Waals surface area contributed by atoms with Crippen molar-refractivity contribution in [3.05, 3.63) is 59.7 Å². The van der Waals surface area contributed by atoms with Gasteiger partial charge in [-0.1, -0.05) is 37.6 Å². The normalized spacial score (nSPS) is 11.6. The van der Waals surface area contributed by atoms with Crippen molar-refractivity contribution >= 4 is 5.91 Å². The Morgan fingerprint density at radius 1 is 1.12 bits per heavy atom. The minimum atomic E-state index is -0.546. The zero-order valence-corrected chi connectivity index (χ0v) is 15.2. The van der Waals surface area contributed by atoms with Gasteiger partial charge in [0.1, 0.15) is 18.1 Å². The minimum Gasteiger partial charge on any atom is -0.492 e. The molecule has 0 spiro atoms. The summed E-state index contributed by atoms with van der Waals surface area (Å²) in [7, 11) is 0. The van der Waals surface area contributed by atoms with Gasteiger partial charge in [0, 0.05) is 0 Å². The molecule has 0 bridgehead atoms. The van der Waals surface area contributed by atoms with Crippen molar-refractivity contribution < 1.29 is 14.3 Å². The first kappa shape index (κ1) is 18.8. The van der Waals surface area contributed by atoms with Crippen LogP contribution in [0.4, 0.5) is 0 Å². The van der Waals surface area contributed by atoms with Gasteiger partial charge in [-0.15, -0.1) is 0 Å². The van der Waals surface area contributed by atoms with Gasteiger partial charge in [-0.05, 0) is 55.7 Å². The highest BCUT2D eigenvalue weighted by molar-refractivity contribution is 5.80. The Morgan fingerprint density at radius 3 is 2.56 bits per heavy atom. The number of hydrogen-bond donors (Lipinski definition) is 1. The van der Waals surface area contributed by atoms with Crippen LogP contribution in [0.15, 0.2) is 48.5 Å². The van der Waals surface area contributed by atoms with Crippen molar-refractivity contribution in [3.8, 4) is 11.5 Å². The van der Waals surface area contributed by atoms with Crippen molar-refractivity contribution in [1.82, 2.24) is 5.32 Å². The molecule has 0 aliphatic heterocycles. The molecule has 0 aliphatic carbocycles. The van der Waals surface area contributed by atoms with Crippen LogP contribution in [0.5, 0.6) is 11.5 Å². The molecule has 25 heavy (non-hydrogen) atoms. The Bertz CT molecular complexity index is 667. The molecule has 4 nitrogen and oxygen atoms in total. The van der Waals surface area contributed by atoms with Crippen LogP contribution in [0.3, 0.4) is 0 Å². The lowest BCUT2D eigenvalue weighted by Crippen LogP contribution is -2.38. The van der Waals surface area contributed by atoms with Crippen molar-refractivity contribution in [2.24, 2.45) is 0 Å². The van der Waals surface area contributed by atoms with E-state index in [1.165, 1.54) is 5.56 Å². The predicted octanol–water partition coefficient (Wildman–Crippen LogP) is 3.91. The summed E-state index contributed by atoms with van der Waals surface area (Å²) >= 11 is 0. The maximum absolute atomic E-state index is 12.1. The van der Waals surface area contributed by atoms with E-state index in [0.29, 0.717) is 18.9 Å². The first-order valence-electron chi connectivity index (χ1n) is 8.81. The second kappa shape index (κ2) is 9.72. The highest BCUT2D eigenvalue weighted by Gasteiger charge is 2.14. The molecule has 2 rings (SSSR count). The lowest BCUT2D eigenvalue weighted by Gasteiger charge is -2.15. The molecule has 1 amide bonds. The zero-order chi connectivity index (χ0) is 18.1. The van der Waals surface area contributed by atoms with E-state index in [-0.39, 0.29) is 5.91 Å². The Balaban J connectivity index is 1.69. The number of aryl methyl sites for hydroxylation is 2. The van der Waals surface area contributed by atoms with Crippen LogP contribution in [0, 0.1) is 6.92 Å². The Morgan fingerprint density at radius 2 is 1.88 bits per heavy atom. The maximum atomic E-state index is 12.1. The van der Waals surface area contributed by atoms with Gasteiger partial charge in [-0.3, -0.25) is 4.79 Å². The van der Waals surface area contributed by atoms with Crippen LogP contribution in [0.1, 0.15) is 31.4 Å². The quantitative estimate of drug-likeness (QED) is 0.704. The molecule has 0 saturated heterocycles. The predicted molar refractivity (Wildman–Crippen MR) is 100 cm³/mol. The molecule has 0 fully saturated rings. The van der Waals surface area contributed by atoms with Gasteiger partial charge in [-0.2, -0.15) is 0 Å². The lowest BCUT2D eigenvalue weighted by molar-refractivity contribution is -0.127. The SMILES string of the molecule is CCCc1ccc(OCCNC(=O)[C@@H](C)Oc2cccc(C)c2)cc1.